The lowest BCUT2D eigenvalue weighted by atomic mass is 9.55. The van der Waals surface area contributed by atoms with Gasteiger partial charge in [-0.2, -0.15) is 0 Å². The van der Waals surface area contributed by atoms with Crippen LogP contribution in [0.15, 0.2) is 0 Å². The van der Waals surface area contributed by atoms with Crippen LogP contribution >= 0.6 is 0 Å². The summed E-state index contributed by atoms with van der Waals surface area (Å²) in [5, 5.41) is 3.54. The average molecular weight is 281 g/mol. The summed E-state index contributed by atoms with van der Waals surface area (Å²) in [6.07, 6.45) is 17.0. The molecule has 2 fully saturated rings. The van der Waals surface area contributed by atoms with Gasteiger partial charge in [0, 0.05) is 18.1 Å². The summed E-state index contributed by atoms with van der Waals surface area (Å²) in [5.74, 6) is 0. The Bertz CT molecular complexity index is 260. The molecule has 2 saturated carbocycles. The maximum Gasteiger partial charge on any atom is 0.0661 e. The van der Waals surface area contributed by atoms with Crippen molar-refractivity contribution in [2.75, 3.05) is 13.7 Å². The van der Waals surface area contributed by atoms with Crippen molar-refractivity contribution in [3.05, 3.63) is 0 Å². The molecule has 0 saturated heterocycles. The van der Waals surface area contributed by atoms with Crippen molar-refractivity contribution < 1.29 is 4.74 Å². The average Bonchev–Trinajstić information content (AvgIpc) is 2.49. The van der Waals surface area contributed by atoms with Gasteiger partial charge in [-0.25, -0.2) is 0 Å². The van der Waals surface area contributed by atoms with Crippen LogP contribution < -0.4 is 5.32 Å². The van der Waals surface area contributed by atoms with Gasteiger partial charge < -0.3 is 10.1 Å². The predicted octanol–water partition coefficient (Wildman–Crippen LogP) is 4.67. The summed E-state index contributed by atoms with van der Waals surface area (Å²) < 4.78 is 6.27. The molecule has 1 spiro atoms. The van der Waals surface area contributed by atoms with Gasteiger partial charge in [0.2, 0.25) is 0 Å². The third-order valence-electron chi connectivity index (χ3n) is 5.73. The predicted molar refractivity (Wildman–Crippen MR) is 86.1 cm³/mol. The van der Waals surface area contributed by atoms with E-state index in [9.17, 15) is 0 Å². The zero-order valence-electron chi connectivity index (χ0n) is 13.8. The van der Waals surface area contributed by atoms with Crippen LogP contribution in [0.3, 0.4) is 0 Å². The molecule has 1 N–H and O–H groups in total. The van der Waals surface area contributed by atoms with Gasteiger partial charge in [-0.1, -0.05) is 58.3 Å². The lowest BCUT2D eigenvalue weighted by Crippen LogP contribution is -2.63. The second kappa shape index (κ2) is 8.38. The van der Waals surface area contributed by atoms with Crippen molar-refractivity contribution in [3.8, 4) is 0 Å². The summed E-state index contributed by atoms with van der Waals surface area (Å²) in [5.41, 5.74) is 0.495. The molecule has 0 aromatic heterocycles. The Morgan fingerprint density at radius 1 is 1.00 bits per heavy atom. The maximum absolute atomic E-state index is 6.27. The molecule has 118 valence electrons. The molecule has 0 aliphatic heterocycles. The highest BCUT2D eigenvalue weighted by atomic mass is 16.5. The first-order valence-electron chi connectivity index (χ1n) is 9.12. The minimum Gasteiger partial charge on any atom is -0.378 e. The summed E-state index contributed by atoms with van der Waals surface area (Å²) in [7, 11) is 2.13. The van der Waals surface area contributed by atoms with E-state index in [4.69, 9.17) is 4.74 Å². The van der Waals surface area contributed by atoms with Crippen molar-refractivity contribution in [3.63, 3.8) is 0 Å². The van der Waals surface area contributed by atoms with E-state index in [1.54, 1.807) is 0 Å². The van der Waals surface area contributed by atoms with Gasteiger partial charge in [0.25, 0.3) is 0 Å². The van der Waals surface area contributed by atoms with Crippen LogP contribution in [0.5, 0.6) is 0 Å². The van der Waals surface area contributed by atoms with Gasteiger partial charge >= 0.3 is 0 Å². The zero-order valence-corrected chi connectivity index (χ0v) is 13.8. The minimum atomic E-state index is 0.495. The third kappa shape index (κ3) is 3.76. The molecule has 0 aromatic carbocycles. The molecule has 2 heteroatoms. The molecule has 2 nitrogen and oxygen atoms in total. The summed E-state index contributed by atoms with van der Waals surface area (Å²) in [4.78, 5) is 0. The lowest BCUT2D eigenvalue weighted by Gasteiger charge is -2.57. The van der Waals surface area contributed by atoms with E-state index < -0.39 is 0 Å². The Labute approximate surface area is 126 Å². The van der Waals surface area contributed by atoms with Gasteiger partial charge in [-0.05, 0) is 32.7 Å². The molecule has 0 bridgehead atoms. The van der Waals surface area contributed by atoms with Crippen molar-refractivity contribution in [2.45, 2.75) is 96.1 Å². The monoisotopic (exact) mass is 281 g/mol. The van der Waals surface area contributed by atoms with E-state index in [2.05, 4.69) is 19.3 Å². The topological polar surface area (TPSA) is 21.3 Å². The summed E-state index contributed by atoms with van der Waals surface area (Å²) >= 11 is 0. The van der Waals surface area contributed by atoms with Crippen LogP contribution in [-0.4, -0.2) is 25.8 Å². The van der Waals surface area contributed by atoms with E-state index >= 15 is 0 Å². The molecule has 0 radical (unpaired) electrons. The van der Waals surface area contributed by atoms with E-state index in [0.29, 0.717) is 11.5 Å². The Morgan fingerprint density at radius 3 is 2.40 bits per heavy atom. The van der Waals surface area contributed by atoms with Crippen LogP contribution in [0.25, 0.3) is 0 Å². The summed E-state index contributed by atoms with van der Waals surface area (Å²) in [6.45, 7) is 3.27. The third-order valence-corrected chi connectivity index (χ3v) is 5.73. The first-order valence-corrected chi connectivity index (χ1v) is 9.12. The number of nitrogens with one attached hydrogen (secondary N) is 1. The molecule has 0 amide bonds. The number of ether oxygens (including phenoxy) is 1. The lowest BCUT2D eigenvalue weighted by molar-refractivity contribution is -0.151. The van der Waals surface area contributed by atoms with Crippen molar-refractivity contribution in [2.24, 2.45) is 5.41 Å². The highest BCUT2D eigenvalue weighted by Crippen LogP contribution is 2.53. The smallest absolute Gasteiger partial charge is 0.0661 e. The largest absolute Gasteiger partial charge is 0.378 e. The van der Waals surface area contributed by atoms with Crippen LogP contribution in [-0.2, 0) is 4.74 Å². The van der Waals surface area contributed by atoms with Gasteiger partial charge in [0.15, 0.2) is 0 Å². The Balaban J connectivity index is 1.63. The highest BCUT2D eigenvalue weighted by Gasteiger charge is 2.54. The van der Waals surface area contributed by atoms with Crippen molar-refractivity contribution in [1.29, 1.82) is 0 Å². The molecule has 2 atom stereocenters. The van der Waals surface area contributed by atoms with Gasteiger partial charge in [0.1, 0.15) is 0 Å². The van der Waals surface area contributed by atoms with Crippen LogP contribution in [0.2, 0.25) is 0 Å². The van der Waals surface area contributed by atoms with Crippen LogP contribution in [0.4, 0.5) is 0 Å². The van der Waals surface area contributed by atoms with Crippen molar-refractivity contribution >= 4 is 0 Å². The highest BCUT2D eigenvalue weighted by molar-refractivity contribution is 5.08. The standard InChI is InChI=1S/C18H35NO/c1-3-4-5-6-7-11-14-20-17-15-16(19-2)18(17)12-9-8-10-13-18/h16-17,19H,3-15H2,1-2H3. The number of unbranched alkanes of at least 4 members (excludes halogenated alkanes) is 5. The molecule has 2 unspecified atom stereocenters. The maximum atomic E-state index is 6.27. The summed E-state index contributed by atoms with van der Waals surface area (Å²) in [6, 6.07) is 0.720. The fourth-order valence-electron chi connectivity index (χ4n) is 4.38. The first-order chi connectivity index (χ1) is 9.83. The molecule has 2 aliphatic carbocycles. The van der Waals surface area contributed by atoms with Gasteiger partial charge in [-0.3, -0.25) is 0 Å². The molecule has 20 heavy (non-hydrogen) atoms. The Kier molecular flexibility index (Phi) is 6.83. The zero-order chi connectivity index (χ0) is 14.3. The second-order valence-corrected chi connectivity index (χ2v) is 7.00. The van der Waals surface area contributed by atoms with Crippen LogP contribution in [0.1, 0.15) is 84.0 Å². The molecular weight excluding hydrogens is 246 g/mol. The molecular formula is C18H35NO. The molecule has 2 rings (SSSR count). The molecule has 0 heterocycles. The number of hydrogen-bond donors (Lipinski definition) is 1. The number of hydrogen-bond acceptors (Lipinski definition) is 2. The quantitative estimate of drug-likeness (QED) is 0.620. The fraction of sp³-hybridized carbons (Fsp3) is 1.00. The minimum absolute atomic E-state index is 0.495. The first kappa shape index (κ1) is 16.3. The van der Waals surface area contributed by atoms with E-state index in [1.165, 1.54) is 77.0 Å². The Hall–Kier alpha value is -0.0800. The van der Waals surface area contributed by atoms with E-state index in [-0.39, 0.29) is 0 Å². The SMILES string of the molecule is CCCCCCCCOC1CC(NC)C12CCCCC2. The van der Waals surface area contributed by atoms with Gasteiger partial charge in [0.05, 0.1) is 6.10 Å². The normalized spacial score (nSPS) is 28.5. The van der Waals surface area contributed by atoms with E-state index in [0.717, 1.165) is 12.6 Å². The fourth-order valence-corrected chi connectivity index (χ4v) is 4.38. The van der Waals surface area contributed by atoms with Crippen molar-refractivity contribution in [1.82, 2.24) is 5.32 Å². The Morgan fingerprint density at radius 2 is 1.70 bits per heavy atom. The van der Waals surface area contributed by atoms with Crippen LogP contribution in [0, 0.1) is 5.41 Å². The van der Waals surface area contributed by atoms with Gasteiger partial charge in [-0.15, -0.1) is 0 Å². The second-order valence-electron chi connectivity index (χ2n) is 7.00. The van der Waals surface area contributed by atoms with E-state index in [1.807, 2.05) is 0 Å². The number of rotatable bonds is 9. The molecule has 2 aliphatic rings. The molecule has 0 aromatic rings.